The number of aliphatic hydroxyl groups is 1. The van der Waals surface area contributed by atoms with E-state index in [0.717, 1.165) is 16.0 Å². The number of aromatic nitrogens is 1. The summed E-state index contributed by atoms with van der Waals surface area (Å²) in [7, 11) is 0. The fourth-order valence-corrected chi connectivity index (χ4v) is 4.32. The highest BCUT2D eigenvalue weighted by atomic mass is 32.1. The van der Waals surface area contributed by atoms with Crippen molar-refractivity contribution in [2.75, 3.05) is 0 Å². The second-order valence-electron chi connectivity index (χ2n) is 9.82. The monoisotopic (exact) mass is 525 g/mol. The summed E-state index contributed by atoms with van der Waals surface area (Å²) in [5.41, 5.74) is 2.98. The van der Waals surface area contributed by atoms with Crippen LogP contribution in [0.4, 0.5) is 9.59 Å². The van der Waals surface area contributed by atoms with E-state index in [0.29, 0.717) is 12.8 Å². The number of rotatable bonds is 11. The molecule has 1 aromatic heterocycles. The summed E-state index contributed by atoms with van der Waals surface area (Å²) in [5, 5.41) is 17.0. The van der Waals surface area contributed by atoms with Crippen LogP contribution in [0.3, 0.4) is 0 Å². The summed E-state index contributed by atoms with van der Waals surface area (Å²) in [6.45, 7) is 5.49. The quantitative estimate of drug-likeness (QED) is 0.330. The van der Waals surface area contributed by atoms with Gasteiger partial charge in [0.2, 0.25) is 0 Å². The summed E-state index contributed by atoms with van der Waals surface area (Å²) in [6, 6.07) is 18.2. The first-order valence-corrected chi connectivity index (χ1v) is 13.1. The minimum atomic E-state index is -0.972. The molecule has 0 aliphatic heterocycles. The maximum absolute atomic E-state index is 12.6. The van der Waals surface area contributed by atoms with Gasteiger partial charge in [-0.1, -0.05) is 60.7 Å². The molecule has 0 radical (unpaired) electrons. The number of hydrogen-bond acceptors (Lipinski definition) is 7. The normalized spacial score (nSPS) is 13.7. The van der Waals surface area contributed by atoms with Crippen molar-refractivity contribution in [1.29, 1.82) is 0 Å². The zero-order valence-electron chi connectivity index (χ0n) is 21.4. The molecular formula is C28H35N3O5S. The maximum Gasteiger partial charge on any atom is 0.407 e. The molecule has 0 aliphatic carbocycles. The van der Waals surface area contributed by atoms with Gasteiger partial charge in [0.05, 0.1) is 22.5 Å². The minimum Gasteiger partial charge on any atom is -0.444 e. The SMILES string of the molecule is CC(C)(C)OC(=O)NC(Cc1ccccc1)CC(O)C(Cc1ccccc1)NC(=O)OCc1cncs1. The van der Waals surface area contributed by atoms with E-state index in [1.54, 1.807) is 32.5 Å². The number of alkyl carbamates (subject to hydrolysis) is 2. The Kier molecular flexibility index (Phi) is 10.5. The third kappa shape index (κ3) is 10.6. The van der Waals surface area contributed by atoms with E-state index < -0.39 is 36.0 Å². The second-order valence-corrected chi connectivity index (χ2v) is 10.8. The highest BCUT2D eigenvalue weighted by Crippen LogP contribution is 2.16. The van der Waals surface area contributed by atoms with E-state index in [4.69, 9.17) is 9.47 Å². The number of aliphatic hydroxyl groups excluding tert-OH is 1. The van der Waals surface area contributed by atoms with E-state index in [-0.39, 0.29) is 13.0 Å². The van der Waals surface area contributed by atoms with Gasteiger partial charge in [-0.25, -0.2) is 9.59 Å². The lowest BCUT2D eigenvalue weighted by Gasteiger charge is -2.29. The van der Waals surface area contributed by atoms with Crippen molar-refractivity contribution in [3.8, 4) is 0 Å². The van der Waals surface area contributed by atoms with Crippen LogP contribution in [0.15, 0.2) is 72.4 Å². The van der Waals surface area contributed by atoms with Crippen LogP contribution in [-0.4, -0.2) is 46.1 Å². The maximum atomic E-state index is 12.6. The molecule has 1 heterocycles. The first-order chi connectivity index (χ1) is 17.7. The van der Waals surface area contributed by atoms with E-state index in [2.05, 4.69) is 15.6 Å². The van der Waals surface area contributed by atoms with Crippen molar-refractivity contribution in [1.82, 2.24) is 15.6 Å². The second kappa shape index (κ2) is 13.8. The molecule has 8 nitrogen and oxygen atoms in total. The Bertz CT molecular complexity index is 1090. The highest BCUT2D eigenvalue weighted by molar-refractivity contribution is 7.09. The van der Waals surface area contributed by atoms with E-state index in [9.17, 15) is 14.7 Å². The molecular weight excluding hydrogens is 490 g/mol. The fourth-order valence-electron chi connectivity index (χ4n) is 3.82. The lowest BCUT2D eigenvalue weighted by atomic mass is 9.94. The molecule has 3 rings (SSSR count). The zero-order chi connectivity index (χ0) is 26.7. The number of nitrogens with zero attached hydrogens (tertiary/aromatic N) is 1. The molecule has 0 fully saturated rings. The largest absolute Gasteiger partial charge is 0.444 e. The Balaban J connectivity index is 1.72. The highest BCUT2D eigenvalue weighted by Gasteiger charge is 2.28. The summed E-state index contributed by atoms with van der Waals surface area (Å²) in [5.74, 6) is 0. The predicted molar refractivity (Wildman–Crippen MR) is 143 cm³/mol. The first kappa shape index (κ1) is 28.1. The summed E-state index contributed by atoms with van der Waals surface area (Å²) >= 11 is 1.39. The number of nitrogens with one attached hydrogen (secondary N) is 2. The average Bonchev–Trinajstić information content (AvgIpc) is 3.36. The Morgan fingerprint density at radius 3 is 2.14 bits per heavy atom. The number of carbonyl (C=O) groups excluding carboxylic acids is 2. The number of benzene rings is 2. The van der Waals surface area contributed by atoms with Crippen LogP contribution in [0, 0.1) is 0 Å². The Hall–Kier alpha value is -3.43. The van der Waals surface area contributed by atoms with Crippen LogP contribution in [0.2, 0.25) is 0 Å². The molecule has 0 bridgehead atoms. The van der Waals surface area contributed by atoms with Gasteiger partial charge in [0.25, 0.3) is 0 Å². The Labute approximate surface area is 222 Å². The van der Waals surface area contributed by atoms with Gasteiger partial charge in [0, 0.05) is 12.2 Å². The molecule has 0 spiro atoms. The van der Waals surface area contributed by atoms with Gasteiger partial charge in [-0.15, -0.1) is 11.3 Å². The van der Waals surface area contributed by atoms with Crippen LogP contribution < -0.4 is 10.6 Å². The molecule has 9 heteroatoms. The van der Waals surface area contributed by atoms with Crippen LogP contribution in [0.25, 0.3) is 0 Å². The van der Waals surface area contributed by atoms with Crippen molar-refractivity contribution in [3.63, 3.8) is 0 Å². The number of ether oxygens (including phenoxy) is 2. The standard InChI is InChI=1S/C28H35N3O5S/c1-28(2,3)36-27(34)30-22(14-20-10-6-4-7-11-20)16-25(32)24(15-21-12-8-5-9-13-21)31-26(33)35-18-23-17-29-19-37-23/h4-13,17,19,22,24-25,32H,14-16,18H2,1-3H3,(H,30,34)(H,31,33). The molecule has 0 saturated carbocycles. The summed E-state index contributed by atoms with van der Waals surface area (Å²) < 4.78 is 10.8. The average molecular weight is 526 g/mol. The van der Waals surface area contributed by atoms with Crippen molar-refractivity contribution < 1.29 is 24.2 Å². The number of thiazole rings is 1. The van der Waals surface area contributed by atoms with Gasteiger partial charge < -0.3 is 25.2 Å². The van der Waals surface area contributed by atoms with Gasteiger partial charge in [-0.05, 0) is 51.2 Å². The van der Waals surface area contributed by atoms with Crippen LogP contribution in [0.1, 0.15) is 43.2 Å². The van der Waals surface area contributed by atoms with Gasteiger partial charge in [-0.2, -0.15) is 0 Å². The van der Waals surface area contributed by atoms with Gasteiger partial charge in [-0.3, -0.25) is 4.98 Å². The van der Waals surface area contributed by atoms with Crippen LogP contribution in [0.5, 0.6) is 0 Å². The third-order valence-corrected chi connectivity index (χ3v) is 6.22. The molecule has 0 saturated heterocycles. The number of hydrogen-bond donors (Lipinski definition) is 3. The summed E-state index contributed by atoms with van der Waals surface area (Å²) in [6.07, 6.45) is 0.559. The van der Waals surface area contributed by atoms with Gasteiger partial charge in [0.1, 0.15) is 12.2 Å². The molecule has 2 aromatic carbocycles. The predicted octanol–water partition coefficient (Wildman–Crippen LogP) is 4.87. The van der Waals surface area contributed by atoms with Crippen molar-refractivity contribution in [3.05, 3.63) is 88.4 Å². The molecule has 2 amide bonds. The molecule has 3 aromatic rings. The third-order valence-electron chi connectivity index (χ3n) is 5.47. The van der Waals surface area contributed by atoms with Gasteiger partial charge >= 0.3 is 12.2 Å². The molecule has 0 aliphatic rings. The number of carbonyl (C=O) groups is 2. The van der Waals surface area contributed by atoms with Crippen LogP contribution >= 0.6 is 11.3 Å². The molecule has 3 N–H and O–H groups in total. The minimum absolute atomic E-state index is 0.0987. The molecule has 198 valence electrons. The Morgan fingerprint density at radius 1 is 0.946 bits per heavy atom. The number of amides is 2. The van der Waals surface area contributed by atoms with Crippen molar-refractivity contribution in [2.24, 2.45) is 0 Å². The molecule has 37 heavy (non-hydrogen) atoms. The smallest absolute Gasteiger partial charge is 0.407 e. The van der Waals surface area contributed by atoms with Crippen molar-refractivity contribution >= 4 is 23.5 Å². The Morgan fingerprint density at radius 2 is 1.57 bits per heavy atom. The summed E-state index contributed by atoms with van der Waals surface area (Å²) in [4.78, 5) is 30.0. The van der Waals surface area contributed by atoms with Crippen molar-refractivity contribution in [2.45, 2.75) is 70.4 Å². The first-order valence-electron chi connectivity index (χ1n) is 12.2. The van der Waals surface area contributed by atoms with E-state index in [1.165, 1.54) is 11.3 Å². The van der Waals surface area contributed by atoms with E-state index >= 15 is 0 Å². The lowest BCUT2D eigenvalue weighted by molar-refractivity contribution is 0.0463. The fraction of sp³-hybridized carbons (Fsp3) is 0.393. The topological polar surface area (TPSA) is 110 Å². The molecule has 3 atom stereocenters. The van der Waals surface area contributed by atoms with Crippen LogP contribution in [-0.2, 0) is 28.9 Å². The lowest BCUT2D eigenvalue weighted by Crippen LogP contribution is -2.49. The van der Waals surface area contributed by atoms with E-state index in [1.807, 2.05) is 60.7 Å². The molecule has 3 unspecified atom stereocenters. The zero-order valence-corrected chi connectivity index (χ0v) is 22.2. The van der Waals surface area contributed by atoms with Gasteiger partial charge in [0.15, 0.2) is 0 Å².